The third-order valence-electron chi connectivity index (χ3n) is 10.4. The van der Waals surface area contributed by atoms with Crippen LogP contribution in [0.3, 0.4) is 0 Å². The lowest BCUT2D eigenvalue weighted by atomic mass is 9.81. The second-order valence-corrected chi connectivity index (χ2v) is 14.4. The lowest BCUT2D eigenvalue weighted by molar-refractivity contribution is -0.134. The number of rotatable bonds is 7. The number of carbonyl (C=O) groups is 2. The van der Waals surface area contributed by atoms with Gasteiger partial charge >= 0.3 is 0 Å². The van der Waals surface area contributed by atoms with Crippen LogP contribution in [0.2, 0.25) is 0 Å². The van der Waals surface area contributed by atoms with Gasteiger partial charge in [-0.15, -0.1) is 10.2 Å². The second kappa shape index (κ2) is 13.1. The molecule has 4 aromatic heterocycles. The molecule has 2 aliphatic heterocycles. The molecule has 2 N–H and O–H groups in total. The van der Waals surface area contributed by atoms with Gasteiger partial charge in [-0.05, 0) is 85.4 Å². The molecule has 3 aliphatic rings. The Kier molecular flexibility index (Phi) is 8.39. The molecule has 1 saturated carbocycles. The number of amides is 2. The highest BCUT2D eigenvalue weighted by Crippen LogP contribution is 2.41. The van der Waals surface area contributed by atoms with Crippen molar-refractivity contribution in [1.29, 1.82) is 0 Å². The van der Waals surface area contributed by atoms with E-state index in [0.717, 1.165) is 82.6 Å². The molecule has 12 heteroatoms. The molecule has 0 unspecified atom stereocenters. The number of hydrogen-bond acceptors (Lipinski definition) is 9. The molecule has 6 heterocycles. The maximum atomic E-state index is 12.4. The first kappa shape index (κ1) is 31.3. The highest BCUT2D eigenvalue weighted by atomic mass is 32.1. The van der Waals surface area contributed by atoms with Crippen LogP contribution in [0.15, 0.2) is 54.9 Å². The molecule has 8 rings (SSSR count). The smallest absolute Gasteiger partial charge is 0.234 e. The van der Waals surface area contributed by atoms with E-state index >= 15 is 0 Å². The Bertz CT molecular complexity index is 2110. The van der Waals surface area contributed by atoms with Crippen LogP contribution in [0.25, 0.3) is 32.3 Å². The van der Waals surface area contributed by atoms with E-state index in [1.807, 2.05) is 37.5 Å². The molecule has 2 fully saturated rings. The monoisotopic (exact) mass is 671 g/mol. The topological polar surface area (TPSA) is 122 Å². The first-order chi connectivity index (χ1) is 23.9. The van der Waals surface area contributed by atoms with Gasteiger partial charge in [-0.2, -0.15) is 5.10 Å². The van der Waals surface area contributed by atoms with Gasteiger partial charge in [0, 0.05) is 50.9 Å². The minimum Gasteiger partial charge on any atom is -0.387 e. The summed E-state index contributed by atoms with van der Waals surface area (Å²) in [5, 5.41) is 21.5. The molecule has 1 saturated heterocycles. The van der Waals surface area contributed by atoms with Crippen LogP contribution in [0.1, 0.15) is 72.1 Å². The van der Waals surface area contributed by atoms with Crippen molar-refractivity contribution >= 4 is 40.0 Å². The minimum absolute atomic E-state index is 0.165. The van der Waals surface area contributed by atoms with Gasteiger partial charge in [-0.1, -0.05) is 29.5 Å². The molecule has 5 aromatic rings. The lowest BCUT2D eigenvalue weighted by Gasteiger charge is -2.35. The largest absolute Gasteiger partial charge is 0.387 e. The molecular formula is C37H37N9O2S. The highest BCUT2D eigenvalue weighted by Gasteiger charge is 2.30. The van der Waals surface area contributed by atoms with Crippen molar-refractivity contribution in [3.8, 4) is 22.0 Å². The van der Waals surface area contributed by atoms with Crippen molar-refractivity contribution in [2.24, 2.45) is 5.92 Å². The van der Waals surface area contributed by atoms with Gasteiger partial charge in [-0.3, -0.25) is 24.8 Å². The van der Waals surface area contributed by atoms with E-state index in [1.165, 1.54) is 24.0 Å². The van der Waals surface area contributed by atoms with E-state index in [1.54, 1.807) is 22.0 Å². The van der Waals surface area contributed by atoms with Gasteiger partial charge in [0.05, 0.1) is 41.2 Å². The van der Waals surface area contributed by atoms with Crippen molar-refractivity contribution in [3.05, 3.63) is 88.0 Å². The van der Waals surface area contributed by atoms with E-state index < -0.39 is 0 Å². The van der Waals surface area contributed by atoms with Gasteiger partial charge in [0.15, 0.2) is 5.01 Å². The fourth-order valence-electron chi connectivity index (χ4n) is 7.70. The minimum atomic E-state index is -0.223. The zero-order valence-corrected chi connectivity index (χ0v) is 28.2. The quantitative estimate of drug-likeness (QED) is 0.152. The van der Waals surface area contributed by atoms with Gasteiger partial charge < -0.3 is 5.32 Å². The molecule has 2 amide bonds. The van der Waals surface area contributed by atoms with Crippen LogP contribution in [-0.2, 0) is 22.6 Å². The average Bonchev–Trinajstić information content (AvgIpc) is 3.79. The van der Waals surface area contributed by atoms with Crippen LogP contribution in [0.5, 0.6) is 0 Å². The normalized spacial score (nSPS) is 21.3. The number of imide groups is 1. The number of carbonyl (C=O) groups excluding carboxylic acids is 2. The molecule has 0 radical (unpaired) electrons. The Morgan fingerprint density at radius 2 is 1.88 bits per heavy atom. The Labute approximate surface area is 288 Å². The third-order valence-corrected chi connectivity index (χ3v) is 11.5. The summed E-state index contributed by atoms with van der Waals surface area (Å²) in [5.74, 6) is 0.548. The van der Waals surface area contributed by atoms with E-state index in [9.17, 15) is 9.59 Å². The summed E-state index contributed by atoms with van der Waals surface area (Å²) in [7, 11) is 1.90. The van der Waals surface area contributed by atoms with E-state index in [2.05, 4.69) is 53.9 Å². The van der Waals surface area contributed by atoms with E-state index in [4.69, 9.17) is 11.6 Å². The third kappa shape index (κ3) is 6.20. The average molecular weight is 672 g/mol. The molecule has 49 heavy (non-hydrogen) atoms. The molecule has 1 aliphatic carbocycles. The van der Waals surface area contributed by atoms with Crippen molar-refractivity contribution < 1.29 is 9.59 Å². The molecule has 1 aromatic carbocycles. The first-order valence-corrected chi connectivity index (χ1v) is 17.8. The number of aromatic nitrogens is 5. The Morgan fingerprint density at radius 3 is 2.69 bits per heavy atom. The number of anilines is 1. The fourth-order valence-corrected chi connectivity index (χ4v) is 8.73. The summed E-state index contributed by atoms with van der Waals surface area (Å²) >= 11 is 1.67. The Morgan fingerprint density at radius 1 is 1.00 bits per heavy atom. The zero-order valence-electron chi connectivity index (χ0n) is 27.4. The maximum absolute atomic E-state index is 12.4. The molecule has 0 bridgehead atoms. The van der Waals surface area contributed by atoms with E-state index in [-0.39, 0.29) is 17.7 Å². The number of hydrogen-bond donors (Lipinski definition) is 2. The standard InChI is InChI=1S/C37H37N9O2S/c1-38-27-16-28-9-11-33(46(28)41-18-27)32-17-31(39-2)30(19-40-32)37-44-43-36(49-37)23-5-3-22(4-6-23)20-45-14-13-24-15-25(7-8-26(24)21-45)29-10-12-34(47)42-35(29)48/h7-9,11,15-19,22-23,29H,3-6,10,12-14,20-21H2,2H3,(H,39,40)(H,42,47,48)/t22?,23?,29-/m1/s1. The predicted molar refractivity (Wildman–Crippen MR) is 188 cm³/mol. The summed E-state index contributed by atoms with van der Waals surface area (Å²) in [6, 6.07) is 14.2. The summed E-state index contributed by atoms with van der Waals surface area (Å²) < 4.78 is 1.81. The maximum Gasteiger partial charge on any atom is 0.234 e. The number of fused-ring (bicyclic) bond motifs is 2. The zero-order chi connectivity index (χ0) is 33.5. The predicted octanol–water partition coefficient (Wildman–Crippen LogP) is 6.36. The van der Waals surface area contributed by atoms with Crippen LogP contribution in [0.4, 0.5) is 11.4 Å². The number of nitrogens with one attached hydrogen (secondary N) is 2. The van der Waals surface area contributed by atoms with Gasteiger partial charge in [0.1, 0.15) is 5.01 Å². The number of nitrogens with zero attached hydrogens (tertiary/aromatic N) is 7. The van der Waals surface area contributed by atoms with E-state index in [0.29, 0.717) is 30.4 Å². The van der Waals surface area contributed by atoms with Crippen molar-refractivity contribution in [1.82, 2.24) is 35.0 Å². The molecule has 11 nitrogen and oxygen atoms in total. The summed E-state index contributed by atoms with van der Waals surface area (Å²) in [4.78, 5) is 34.8. The molecule has 248 valence electrons. The van der Waals surface area contributed by atoms with Crippen molar-refractivity contribution in [2.45, 2.75) is 63.3 Å². The summed E-state index contributed by atoms with van der Waals surface area (Å²) in [6.45, 7) is 10.4. The lowest BCUT2D eigenvalue weighted by Crippen LogP contribution is -2.39. The van der Waals surface area contributed by atoms with Crippen molar-refractivity contribution in [2.75, 3.05) is 25.5 Å². The van der Waals surface area contributed by atoms with Gasteiger partial charge in [0.2, 0.25) is 17.5 Å². The van der Waals surface area contributed by atoms with Crippen LogP contribution in [-0.4, -0.2) is 61.6 Å². The number of piperidine rings is 1. The van der Waals surface area contributed by atoms with Gasteiger partial charge in [-0.25, -0.2) is 9.36 Å². The highest BCUT2D eigenvalue weighted by molar-refractivity contribution is 7.14. The Hall–Kier alpha value is -4.99. The number of benzene rings is 1. The molecular weight excluding hydrogens is 635 g/mol. The summed E-state index contributed by atoms with van der Waals surface area (Å²) in [6.07, 6.45) is 10.1. The first-order valence-electron chi connectivity index (χ1n) is 17.0. The molecule has 1 atom stereocenters. The van der Waals surface area contributed by atoms with Crippen LogP contribution >= 0.6 is 11.3 Å². The molecule has 0 spiro atoms. The Balaban J connectivity index is 0.881. The number of pyridine rings is 1. The van der Waals surface area contributed by atoms with Gasteiger partial charge in [0.25, 0.3) is 0 Å². The fraction of sp³-hybridized carbons (Fsp3) is 0.378. The van der Waals surface area contributed by atoms with Crippen LogP contribution in [0, 0.1) is 12.5 Å². The second-order valence-electron chi connectivity index (χ2n) is 13.4. The SMILES string of the molecule is [C-]#[N+]c1cnn2c(-c3cc(NC)c(-c4nnc(C5CCC(CN6CCc7cc([C@H]8CCC(=O)NC8=O)ccc7C6)CC5)s4)cn3)ccc2c1. The van der Waals surface area contributed by atoms with Crippen molar-refractivity contribution in [3.63, 3.8) is 0 Å². The van der Waals surface area contributed by atoms with Crippen LogP contribution < -0.4 is 10.6 Å². The summed E-state index contributed by atoms with van der Waals surface area (Å²) in [5.41, 5.74) is 8.60.